The van der Waals surface area contributed by atoms with Gasteiger partial charge in [-0.2, -0.15) is 0 Å². The first-order valence-corrected chi connectivity index (χ1v) is 6.82. The molecule has 2 aromatic rings. The predicted octanol–water partition coefficient (Wildman–Crippen LogP) is 3.39. The summed E-state index contributed by atoms with van der Waals surface area (Å²) in [5, 5.41) is 0. The number of unbranched alkanes of at least 4 members (excludes halogenated alkanes) is 1. The van der Waals surface area contributed by atoms with E-state index in [2.05, 4.69) is 35.9 Å². The number of aromatic amines is 1. The van der Waals surface area contributed by atoms with Crippen LogP contribution in [0.15, 0.2) is 12.1 Å². The van der Waals surface area contributed by atoms with Crippen molar-refractivity contribution in [2.24, 2.45) is 0 Å². The normalized spacial score (nSPS) is 10.9. The zero-order valence-corrected chi connectivity index (χ0v) is 11.7. The number of aromatic nitrogens is 2. The third-order valence-electron chi connectivity index (χ3n) is 3.21. The van der Waals surface area contributed by atoms with Crippen molar-refractivity contribution in [3.63, 3.8) is 0 Å². The van der Waals surface area contributed by atoms with E-state index in [1.165, 1.54) is 24.0 Å². The summed E-state index contributed by atoms with van der Waals surface area (Å²) in [7, 11) is 0. The van der Waals surface area contributed by atoms with Crippen LogP contribution in [0.3, 0.4) is 0 Å². The molecule has 4 nitrogen and oxygen atoms in total. The number of nitrogens with one attached hydrogen (secondary N) is 1. The average molecular weight is 260 g/mol. The van der Waals surface area contributed by atoms with E-state index in [1.807, 2.05) is 0 Å². The van der Waals surface area contributed by atoms with Crippen LogP contribution >= 0.6 is 0 Å². The summed E-state index contributed by atoms with van der Waals surface area (Å²) in [6, 6.07) is 4.12. The number of hydrogen-bond donors (Lipinski definition) is 1. The van der Waals surface area contributed by atoms with Crippen molar-refractivity contribution in [3.8, 4) is 0 Å². The van der Waals surface area contributed by atoms with Gasteiger partial charge in [0.2, 0.25) is 5.82 Å². The lowest BCUT2D eigenvalue weighted by Gasteiger charge is -2.04. The van der Waals surface area contributed by atoms with E-state index in [0.29, 0.717) is 6.61 Å². The summed E-state index contributed by atoms with van der Waals surface area (Å²) >= 11 is 0. The molecule has 2 rings (SSSR count). The second-order valence-corrected chi connectivity index (χ2v) is 4.71. The van der Waals surface area contributed by atoms with Crippen molar-refractivity contribution in [3.05, 3.63) is 29.1 Å². The molecule has 0 fully saturated rings. The van der Waals surface area contributed by atoms with Gasteiger partial charge in [-0.1, -0.05) is 13.3 Å². The van der Waals surface area contributed by atoms with Gasteiger partial charge in [-0.3, -0.25) is 0 Å². The first-order valence-electron chi connectivity index (χ1n) is 6.82. The minimum absolute atomic E-state index is 0.281. The number of H-pyrrole nitrogens is 1. The molecular formula is C15H20N2O2. The van der Waals surface area contributed by atoms with Gasteiger partial charge in [0.05, 0.1) is 17.6 Å². The second kappa shape index (κ2) is 5.87. The second-order valence-electron chi connectivity index (χ2n) is 4.71. The number of aryl methyl sites for hydroxylation is 2. The lowest BCUT2D eigenvalue weighted by Crippen LogP contribution is -2.06. The number of imidazole rings is 1. The number of esters is 1. The molecule has 0 aliphatic heterocycles. The van der Waals surface area contributed by atoms with Crippen molar-refractivity contribution >= 4 is 17.0 Å². The van der Waals surface area contributed by atoms with Gasteiger partial charge < -0.3 is 9.72 Å². The summed E-state index contributed by atoms with van der Waals surface area (Å²) in [6.45, 7) is 6.42. The van der Waals surface area contributed by atoms with Gasteiger partial charge in [0, 0.05) is 0 Å². The van der Waals surface area contributed by atoms with Crippen LogP contribution in [0.2, 0.25) is 0 Å². The smallest absolute Gasteiger partial charge is 0.374 e. The topological polar surface area (TPSA) is 55.0 Å². The Kier molecular flexibility index (Phi) is 4.20. The number of nitrogens with zero attached hydrogens (tertiary/aromatic N) is 1. The van der Waals surface area contributed by atoms with Gasteiger partial charge in [0.15, 0.2) is 0 Å². The molecule has 0 unspecified atom stereocenters. The molecule has 0 radical (unpaired) electrons. The van der Waals surface area contributed by atoms with E-state index in [4.69, 9.17) is 4.74 Å². The molecule has 0 saturated carbocycles. The Morgan fingerprint density at radius 1 is 1.37 bits per heavy atom. The molecule has 1 aromatic heterocycles. The van der Waals surface area contributed by atoms with E-state index >= 15 is 0 Å². The molecule has 0 bridgehead atoms. The Balaban J connectivity index is 2.34. The van der Waals surface area contributed by atoms with Gasteiger partial charge in [-0.15, -0.1) is 0 Å². The lowest BCUT2D eigenvalue weighted by atomic mass is 10.0. The van der Waals surface area contributed by atoms with E-state index in [1.54, 1.807) is 6.92 Å². The van der Waals surface area contributed by atoms with Gasteiger partial charge in [0.25, 0.3) is 0 Å². The van der Waals surface area contributed by atoms with Crippen molar-refractivity contribution in [2.45, 2.75) is 40.0 Å². The fraction of sp³-hybridized carbons (Fsp3) is 0.467. The maximum absolute atomic E-state index is 11.6. The lowest BCUT2D eigenvalue weighted by molar-refractivity contribution is 0.0514. The highest BCUT2D eigenvalue weighted by Gasteiger charge is 2.13. The van der Waals surface area contributed by atoms with Crippen LogP contribution in [0.4, 0.5) is 0 Å². The summed E-state index contributed by atoms with van der Waals surface area (Å²) in [5.74, 6) is -0.115. The fourth-order valence-corrected chi connectivity index (χ4v) is 2.14. The zero-order chi connectivity index (χ0) is 13.8. The van der Waals surface area contributed by atoms with Crippen LogP contribution in [0.5, 0.6) is 0 Å². The van der Waals surface area contributed by atoms with Crippen molar-refractivity contribution < 1.29 is 9.53 Å². The molecule has 1 aromatic carbocycles. The van der Waals surface area contributed by atoms with Crippen LogP contribution in [0.1, 0.15) is 48.4 Å². The van der Waals surface area contributed by atoms with E-state index < -0.39 is 5.97 Å². The van der Waals surface area contributed by atoms with E-state index in [-0.39, 0.29) is 5.82 Å². The molecular weight excluding hydrogens is 240 g/mol. The number of rotatable bonds is 5. The monoisotopic (exact) mass is 260 g/mol. The third-order valence-corrected chi connectivity index (χ3v) is 3.21. The Morgan fingerprint density at radius 2 is 2.16 bits per heavy atom. The summed E-state index contributed by atoms with van der Waals surface area (Å²) in [4.78, 5) is 19.0. The first-order chi connectivity index (χ1) is 9.15. The first kappa shape index (κ1) is 13.6. The van der Waals surface area contributed by atoms with E-state index in [0.717, 1.165) is 17.5 Å². The number of fused-ring (bicyclic) bond motifs is 1. The maximum Gasteiger partial charge on any atom is 0.374 e. The van der Waals surface area contributed by atoms with Gasteiger partial charge in [0.1, 0.15) is 0 Å². The quantitative estimate of drug-likeness (QED) is 0.838. The highest BCUT2D eigenvalue weighted by atomic mass is 16.5. The molecule has 4 heteroatoms. The number of carbonyl (C=O) groups is 1. The van der Waals surface area contributed by atoms with Crippen LogP contribution in [-0.2, 0) is 11.2 Å². The van der Waals surface area contributed by atoms with Crippen LogP contribution < -0.4 is 0 Å². The van der Waals surface area contributed by atoms with Crippen molar-refractivity contribution in [1.29, 1.82) is 0 Å². The number of benzene rings is 1. The molecule has 0 aliphatic carbocycles. The Morgan fingerprint density at radius 3 is 2.84 bits per heavy atom. The summed E-state index contributed by atoms with van der Waals surface area (Å²) in [5.41, 5.74) is 4.26. The van der Waals surface area contributed by atoms with Gasteiger partial charge >= 0.3 is 5.97 Å². The van der Waals surface area contributed by atoms with E-state index in [9.17, 15) is 4.79 Å². The molecule has 0 aliphatic rings. The number of ether oxygens (including phenoxy) is 1. The maximum atomic E-state index is 11.6. The van der Waals surface area contributed by atoms with Gasteiger partial charge in [-0.25, -0.2) is 9.78 Å². The molecule has 19 heavy (non-hydrogen) atoms. The summed E-state index contributed by atoms with van der Waals surface area (Å²) in [6.07, 6.45) is 3.40. The Hall–Kier alpha value is -1.84. The standard InChI is InChI=1S/C15H20N2O2/c1-4-6-7-11-9-13-12(8-10(11)3)16-14(17-13)15(18)19-5-2/h8-9H,4-7H2,1-3H3,(H,16,17). The fourth-order valence-electron chi connectivity index (χ4n) is 2.14. The molecule has 1 N–H and O–H groups in total. The molecule has 102 valence electrons. The van der Waals surface area contributed by atoms with Gasteiger partial charge in [-0.05, 0) is 49.9 Å². The SMILES string of the molecule is CCCCc1cc2nc(C(=O)OCC)[nH]c2cc1C. The molecule has 0 spiro atoms. The Labute approximate surface area is 113 Å². The molecule has 0 atom stereocenters. The minimum atomic E-state index is -0.397. The van der Waals surface area contributed by atoms with Crippen LogP contribution in [0.25, 0.3) is 11.0 Å². The highest BCUT2D eigenvalue weighted by Crippen LogP contribution is 2.20. The number of carbonyl (C=O) groups excluding carboxylic acids is 1. The van der Waals surface area contributed by atoms with Crippen LogP contribution in [-0.4, -0.2) is 22.5 Å². The third kappa shape index (κ3) is 2.95. The largest absolute Gasteiger partial charge is 0.460 e. The molecule has 0 saturated heterocycles. The summed E-state index contributed by atoms with van der Waals surface area (Å²) < 4.78 is 4.95. The predicted molar refractivity (Wildman–Crippen MR) is 75.4 cm³/mol. The zero-order valence-electron chi connectivity index (χ0n) is 11.7. The van der Waals surface area contributed by atoms with Crippen molar-refractivity contribution in [2.75, 3.05) is 6.61 Å². The minimum Gasteiger partial charge on any atom is -0.460 e. The average Bonchev–Trinajstić information content (AvgIpc) is 2.79. The van der Waals surface area contributed by atoms with Crippen molar-refractivity contribution in [1.82, 2.24) is 9.97 Å². The highest BCUT2D eigenvalue weighted by molar-refractivity contribution is 5.90. The molecule has 0 amide bonds. The number of hydrogen-bond acceptors (Lipinski definition) is 3. The van der Waals surface area contributed by atoms with Crippen LogP contribution in [0, 0.1) is 6.92 Å². The molecule has 1 heterocycles. The Bertz CT molecular complexity index is 587.